The van der Waals surface area contributed by atoms with E-state index in [1.54, 1.807) is 6.92 Å². The van der Waals surface area contributed by atoms with Crippen LogP contribution in [-0.4, -0.2) is 41.7 Å². The molecule has 4 rings (SSSR count). The van der Waals surface area contributed by atoms with Crippen LogP contribution >= 0.6 is 0 Å². The Morgan fingerprint density at radius 3 is 2.63 bits per heavy atom. The van der Waals surface area contributed by atoms with Gasteiger partial charge in [-0.25, -0.2) is 4.79 Å². The highest BCUT2D eigenvalue weighted by atomic mass is 17.2. The summed E-state index contributed by atoms with van der Waals surface area (Å²) >= 11 is 0. The lowest BCUT2D eigenvalue weighted by Gasteiger charge is -2.30. The van der Waals surface area contributed by atoms with Crippen molar-refractivity contribution in [3.05, 3.63) is 36.0 Å². The van der Waals surface area contributed by atoms with Gasteiger partial charge < -0.3 is 4.74 Å². The number of aromatic nitrogens is 1. The minimum atomic E-state index is -0.244. The summed E-state index contributed by atoms with van der Waals surface area (Å²) in [6.07, 6.45) is 8.14. The molecule has 1 aliphatic heterocycles. The van der Waals surface area contributed by atoms with E-state index in [1.807, 2.05) is 6.07 Å². The molecule has 2 aromatic rings. The van der Waals surface area contributed by atoms with Crippen molar-refractivity contribution in [3.63, 3.8) is 0 Å². The van der Waals surface area contributed by atoms with Gasteiger partial charge in [-0.3, -0.25) is 14.8 Å². The SMILES string of the molecule is CCOOC(=O)C1CCN(Cc2ccc3cc(OC4CCCCC4)ccc3n2)CC1. The number of likely N-dealkylation sites (tertiary alicyclic amines) is 1. The average molecular weight is 413 g/mol. The van der Waals surface area contributed by atoms with Crippen molar-refractivity contribution >= 4 is 16.9 Å². The summed E-state index contributed by atoms with van der Waals surface area (Å²) in [4.78, 5) is 28.7. The van der Waals surface area contributed by atoms with Gasteiger partial charge in [-0.15, -0.1) is 0 Å². The van der Waals surface area contributed by atoms with E-state index in [0.29, 0.717) is 12.7 Å². The predicted octanol–water partition coefficient (Wildman–Crippen LogP) is 4.65. The minimum Gasteiger partial charge on any atom is -0.490 e. The summed E-state index contributed by atoms with van der Waals surface area (Å²) in [6, 6.07) is 10.5. The lowest BCUT2D eigenvalue weighted by atomic mass is 9.97. The van der Waals surface area contributed by atoms with Crippen LogP contribution < -0.4 is 4.74 Å². The topological polar surface area (TPSA) is 60.9 Å². The van der Waals surface area contributed by atoms with Gasteiger partial charge in [-0.05, 0) is 82.8 Å². The maximum atomic E-state index is 11.9. The number of fused-ring (bicyclic) bond motifs is 1. The smallest absolute Gasteiger partial charge is 0.345 e. The summed E-state index contributed by atoms with van der Waals surface area (Å²) < 4.78 is 6.19. The van der Waals surface area contributed by atoms with Crippen LogP contribution in [0.5, 0.6) is 5.75 Å². The second-order valence-corrected chi connectivity index (χ2v) is 8.39. The second-order valence-electron chi connectivity index (χ2n) is 8.39. The van der Waals surface area contributed by atoms with Crippen LogP contribution in [0, 0.1) is 5.92 Å². The number of benzene rings is 1. The number of pyridine rings is 1. The van der Waals surface area contributed by atoms with Crippen molar-refractivity contribution in [2.75, 3.05) is 19.7 Å². The molecule has 0 amide bonds. The van der Waals surface area contributed by atoms with Gasteiger partial charge >= 0.3 is 5.97 Å². The third-order valence-corrected chi connectivity index (χ3v) is 6.14. The Morgan fingerprint density at radius 2 is 1.87 bits per heavy atom. The van der Waals surface area contributed by atoms with E-state index in [1.165, 1.54) is 19.3 Å². The minimum absolute atomic E-state index is 0.0695. The van der Waals surface area contributed by atoms with E-state index in [-0.39, 0.29) is 11.9 Å². The summed E-state index contributed by atoms with van der Waals surface area (Å²) in [5.74, 6) is 0.636. The first-order chi connectivity index (χ1) is 14.7. The standard InChI is InChI=1S/C24H32N2O4/c1-2-28-30-24(27)18-12-14-26(15-13-18)17-20-9-8-19-16-22(10-11-23(19)25-20)29-21-6-4-3-5-7-21/h8-11,16,18,21H,2-7,12-15,17H2,1H3. The molecule has 1 aliphatic carbocycles. The molecule has 0 spiro atoms. The zero-order valence-electron chi connectivity index (χ0n) is 17.8. The molecule has 1 saturated carbocycles. The van der Waals surface area contributed by atoms with Crippen LogP contribution in [-0.2, 0) is 21.1 Å². The van der Waals surface area contributed by atoms with Gasteiger partial charge in [0.2, 0.25) is 0 Å². The fourth-order valence-corrected chi connectivity index (χ4v) is 4.42. The molecule has 2 aliphatic rings. The summed E-state index contributed by atoms with van der Waals surface area (Å²) in [7, 11) is 0. The quantitative estimate of drug-likeness (QED) is 0.487. The number of piperidine rings is 1. The van der Waals surface area contributed by atoms with Crippen molar-refractivity contribution in [1.29, 1.82) is 0 Å². The Morgan fingerprint density at radius 1 is 1.07 bits per heavy atom. The van der Waals surface area contributed by atoms with Crippen LogP contribution in [0.4, 0.5) is 0 Å². The van der Waals surface area contributed by atoms with E-state index < -0.39 is 0 Å². The van der Waals surface area contributed by atoms with Crippen molar-refractivity contribution in [3.8, 4) is 5.75 Å². The largest absolute Gasteiger partial charge is 0.490 e. The number of carbonyl (C=O) groups is 1. The molecule has 1 saturated heterocycles. The van der Waals surface area contributed by atoms with Gasteiger partial charge in [0, 0.05) is 11.9 Å². The molecular weight excluding hydrogens is 380 g/mol. The molecule has 0 N–H and O–H groups in total. The second kappa shape index (κ2) is 10.2. The van der Waals surface area contributed by atoms with E-state index in [9.17, 15) is 4.79 Å². The van der Waals surface area contributed by atoms with E-state index in [2.05, 4.69) is 29.2 Å². The van der Waals surface area contributed by atoms with Gasteiger partial charge in [0.15, 0.2) is 0 Å². The molecule has 2 heterocycles. The van der Waals surface area contributed by atoms with Crippen molar-refractivity contribution in [1.82, 2.24) is 9.88 Å². The summed E-state index contributed by atoms with van der Waals surface area (Å²) in [6.45, 7) is 4.70. The number of carbonyl (C=O) groups excluding carboxylic acids is 1. The predicted molar refractivity (Wildman–Crippen MR) is 115 cm³/mol. The van der Waals surface area contributed by atoms with Crippen LogP contribution in [0.25, 0.3) is 10.9 Å². The molecule has 0 radical (unpaired) electrons. The van der Waals surface area contributed by atoms with E-state index >= 15 is 0 Å². The summed E-state index contributed by atoms with van der Waals surface area (Å²) in [5, 5.41) is 1.12. The Kier molecular flexibility index (Phi) is 7.18. The molecule has 2 fully saturated rings. The molecule has 0 unspecified atom stereocenters. The van der Waals surface area contributed by atoms with Gasteiger partial charge in [-0.2, -0.15) is 4.89 Å². The molecule has 30 heavy (non-hydrogen) atoms. The highest BCUT2D eigenvalue weighted by Crippen LogP contribution is 2.26. The number of nitrogens with zero attached hydrogens (tertiary/aromatic N) is 2. The lowest BCUT2D eigenvalue weighted by molar-refractivity contribution is -0.274. The van der Waals surface area contributed by atoms with Crippen molar-refractivity contribution < 1.29 is 19.3 Å². The molecule has 1 aromatic heterocycles. The maximum absolute atomic E-state index is 11.9. The Bertz CT molecular complexity index is 842. The molecule has 6 nitrogen and oxygen atoms in total. The van der Waals surface area contributed by atoms with Crippen LogP contribution in [0.15, 0.2) is 30.3 Å². The maximum Gasteiger partial charge on any atom is 0.345 e. The lowest BCUT2D eigenvalue weighted by Crippen LogP contribution is -2.36. The number of hydrogen-bond acceptors (Lipinski definition) is 6. The Hall–Kier alpha value is -2.18. The zero-order chi connectivity index (χ0) is 20.8. The number of hydrogen-bond donors (Lipinski definition) is 0. The fraction of sp³-hybridized carbons (Fsp3) is 0.583. The van der Waals surface area contributed by atoms with Gasteiger partial charge in [0.25, 0.3) is 0 Å². The molecule has 0 bridgehead atoms. The Labute approximate surface area is 178 Å². The van der Waals surface area contributed by atoms with Crippen LogP contribution in [0.1, 0.15) is 57.6 Å². The molecule has 0 atom stereocenters. The van der Waals surface area contributed by atoms with E-state index in [0.717, 1.165) is 67.7 Å². The van der Waals surface area contributed by atoms with E-state index in [4.69, 9.17) is 19.5 Å². The first-order valence-electron chi connectivity index (χ1n) is 11.3. The molecular formula is C24H32N2O4. The van der Waals surface area contributed by atoms with Crippen LogP contribution in [0.3, 0.4) is 0 Å². The monoisotopic (exact) mass is 412 g/mol. The van der Waals surface area contributed by atoms with Gasteiger partial charge in [-0.1, -0.05) is 12.5 Å². The van der Waals surface area contributed by atoms with Crippen LogP contribution in [0.2, 0.25) is 0 Å². The first kappa shape index (κ1) is 21.1. The normalized spacial score (nSPS) is 19.1. The number of ether oxygens (including phenoxy) is 1. The highest BCUT2D eigenvalue weighted by Gasteiger charge is 2.27. The molecule has 1 aromatic carbocycles. The summed E-state index contributed by atoms with van der Waals surface area (Å²) in [5.41, 5.74) is 2.05. The first-order valence-corrected chi connectivity index (χ1v) is 11.3. The highest BCUT2D eigenvalue weighted by molar-refractivity contribution is 5.80. The third kappa shape index (κ3) is 5.49. The zero-order valence-corrected chi connectivity index (χ0v) is 17.8. The molecule has 6 heteroatoms. The van der Waals surface area contributed by atoms with Crippen molar-refractivity contribution in [2.24, 2.45) is 5.92 Å². The van der Waals surface area contributed by atoms with Gasteiger partial charge in [0.05, 0.1) is 29.8 Å². The molecule has 162 valence electrons. The Balaban J connectivity index is 1.32. The average Bonchev–Trinajstić information content (AvgIpc) is 2.79. The fourth-order valence-electron chi connectivity index (χ4n) is 4.42. The third-order valence-electron chi connectivity index (χ3n) is 6.14. The number of rotatable bonds is 7. The van der Waals surface area contributed by atoms with Crippen molar-refractivity contribution in [2.45, 2.75) is 64.5 Å². The van der Waals surface area contributed by atoms with Gasteiger partial charge in [0.1, 0.15) is 5.75 Å².